The molecule has 112 valence electrons. The van der Waals surface area contributed by atoms with Crippen LogP contribution < -0.4 is 5.73 Å². The first kappa shape index (κ1) is 14.0. The van der Waals surface area contributed by atoms with Gasteiger partial charge in [0.2, 0.25) is 5.89 Å². The summed E-state index contributed by atoms with van der Waals surface area (Å²) < 4.78 is 5.40. The van der Waals surface area contributed by atoms with E-state index in [1.54, 1.807) is 6.20 Å². The number of rotatable bonds is 5. The molecule has 0 saturated heterocycles. The van der Waals surface area contributed by atoms with E-state index in [1.807, 2.05) is 19.2 Å². The number of anilines is 1. The minimum absolute atomic E-state index is 0.463. The summed E-state index contributed by atoms with van der Waals surface area (Å²) in [7, 11) is 2.01. The van der Waals surface area contributed by atoms with E-state index in [2.05, 4.69) is 20.0 Å². The molecule has 0 aromatic carbocycles. The quantitative estimate of drug-likeness (QED) is 0.909. The minimum Gasteiger partial charge on any atom is -0.383 e. The summed E-state index contributed by atoms with van der Waals surface area (Å²) in [6.45, 7) is 1.36. The summed E-state index contributed by atoms with van der Waals surface area (Å²) in [6, 6.07) is 3.88. The SMILES string of the molecule is CN(Cc1noc(C2CCCC2)n1)Cc1cccnc1N. The van der Waals surface area contributed by atoms with E-state index in [4.69, 9.17) is 10.3 Å². The lowest BCUT2D eigenvalue weighted by Gasteiger charge is -2.15. The lowest BCUT2D eigenvalue weighted by atomic mass is 10.1. The lowest BCUT2D eigenvalue weighted by Crippen LogP contribution is -2.19. The second-order valence-corrected chi connectivity index (χ2v) is 5.75. The van der Waals surface area contributed by atoms with Gasteiger partial charge in [0, 0.05) is 24.2 Å². The van der Waals surface area contributed by atoms with Crippen molar-refractivity contribution in [2.24, 2.45) is 0 Å². The molecule has 0 spiro atoms. The average molecular weight is 287 g/mol. The van der Waals surface area contributed by atoms with Crippen LogP contribution in [-0.4, -0.2) is 27.1 Å². The van der Waals surface area contributed by atoms with Gasteiger partial charge in [0.15, 0.2) is 5.82 Å². The van der Waals surface area contributed by atoms with E-state index in [0.29, 0.717) is 24.8 Å². The van der Waals surface area contributed by atoms with Gasteiger partial charge in [0.25, 0.3) is 0 Å². The van der Waals surface area contributed by atoms with E-state index in [1.165, 1.54) is 25.7 Å². The topological polar surface area (TPSA) is 81.1 Å². The molecule has 0 bridgehead atoms. The maximum Gasteiger partial charge on any atom is 0.229 e. The van der Waals surface area contributed by atoms with Crippen molar-refractivity contribution in [2.75, 3.05) is 12.8 Å². The molecule has 1 aliphatic rings. The van der Waals surface area contributed by atoms with E-state index < -0.39 is 0 Å². The number of hydrogen-bond donors (Lipinski definition) is 1. The molecule has 1 aliphatic carbocycles. The number of nitrogens with two attached hydrogens (primary N) is 1. The summed E-state index contributed by atoms with van der Waals surface area (Å²) in [5, 5.41) is 4.09. The van der Waals surface area contributed by atoms with E-state index in [9.17, 15) is 0 Å². The molecular formula is C15H21N5O. The van der Waals surface area contributed by atoms with Crippen LogP contribution in [0.3, 0.4) is 0 Å². The molecule has 0 aliphatic heterocycles. The van der Waals surface area contributed by atoms with Crippen molar-refractivity contribution >= 4 is 5.82 Å². The van der Waals surface area contributed by atoms with Crippen molar-refractivity contribution in [2.45, 2.75) is 44.7 Å². The molecule has 0 radical (unpaired) electrons. The highest BCUT2D eigenvalue weighted by atomic mass is 16.5. The van der Waals surface area contributed by atoms with Crippen LogP contribution in [0.4, 0.5) is 5.82 Å². The molecule has 1 saturated carbocycles. The number of aromatic nitrogens is 3. The molecule has 2 heterocycles. The van der Waals surface area contributed by atoms with Crippen molar-refractivity contribution in [3.63, 3.8) is 0 Å². The summed E-state index contributed by atoms with van der Waals surface area (Å²) in [4.78, 5) is 10.7. The molecule has 0 unspecified atom stereocenters. The largest absolute Gasteiger partial charge is 0.383 e. The van der Waals surface area contributed by atoms with Gasteiger partial charge in [-0.1, -0.05) is 24.1 Å². The fourth-order valence-corrected chi connectivity index (χ4v) is 2.84. The molecule has 2 aromatic heterocycles. The predicted octanol–water partition coefficient (Wildman–Crippen LogP) is 2.34. The molecule has 0 atom stereocenters. The molecular weight excluding hydrogens is 266 g/mol. The highest BCUT2D eigenvalue weighted by molar-refractivity contribution is 5.38. The summed E-state index contributed by atoms with van der Waals surface area (Å²) in [5.74, 6) is 2.58. The fraction of sp³-hybridized carbons (Fsp3) is 0.533. The molecule has 6 heteroatoms. The number of nitrogen functional groups attached to an aromatic ring is 1. The Morgan fingerprint density at radius 1 is 1.33 bits per heavy atom. The van der Waals surface area contributed by atoms with Crippen molar-refractivity contribution in [1.82, 2.24) is 20.0 Å². The first-order chi connectivity index (χ1) is 10.2. The number of pyridine rings is 1. The van der Waals surface area contributed by atoms with E-state index >= 15 is 0 Å². The van der Waals surface area contributed by atoms with E-state index in [0.717, 1.165) is 17.3 Å². The van der Waals surface area contributed by atoms with Crippen LogP contribution >= 0.6 is 0 Å². The first-order valence-corrected chi connectivity index (χ1v) is 7.43. The van der Waals surface area contributed by atoms with Crippen LogP contribution in [0.25, 0.3) is 0 Å². The standard InChI is InChI=1S/C15H21N5O/c1-20(9-12-7-4-8-17-14(12)16)10-13-18-15(21-19-13)11-5-2-3-6-11/h4,7-8,11H,2-3,5-6,9-10H2,1H3,(H2,16,17). The molecule has 2 N–H and O–H groups in total. The highest BCUT2D eigenvalue weighted by Gasteiger charge is 2.23. The van der Waals surface area contributed by atoms with Crippen LogP contribution in [0.2, 0.25) is 0 Å². The Morgan fingerprint density at radius 3 is 2.90 bits per heavy atom. The smallest absolute Gasteiger partial charge is 0.229 e. The zero-order valence-corrected chi connectivity index (χ0v) is 12.3. The van der Waals surface area contributed by atoms with Crippen molar-refractivity contribution in [1.29, 1.82) is 0 Å². The Bertz CT molecular complexity index is 591. The van der Waals surface area contributed by atoms with Crippen LogP contribution in [0.15, 0.2) is 22.9 Å². The third-order valence-corrected chi connectivity index (χ3v) is 3.97. The molecule has 21 heavy (non-hydrogen) atoms. The second kappa shape index (κ2) is 6.22. The Hall–Kier alpha value is -1.95. The maximum absolute atomic E-state index is 5.86. The number of nitrogens with zero attached hydrogens (tertiary/aromatic N) is 4. The predicted molar refractivity (Wildman–Crippen MR) is 79.3 cm³/mol. The zero-order chi connectivity index (χ0) is 14.7. The summed E-state index contributed by atoms with van der Waals surface area (Å²) >= 11 is 0. The van der Waals surface area contributed by atoms with Crippen molar-refractivity contribution in [3.05, 3.63) is 35.6 Å². The van der Waals surface area contributed by atoms with Crippen molar-refractivity contribution < 1.29 is 4.52 Å². The highest BCUT2D eigenvalue weighted by Crippen LogP contribution is 2.32. The first-order valence-electron chi connectivity index (χ1n) is 7.43. The Morgan fingerprint density at radius 2 is 2.14 bits per heavy atom. The van der Waals surface area contributed by atoms with Gasteiger partial charge in [-0.15, -0.1) is 0 Å². The third kappa shape index (κ3) is 3.39. The maximum atomic E-state index is 5.86. The van der Waals surface area contributed by atoms with Gasteiger partial charge >= 0.3 is 0 Å². The molecule has 1 fully saturated rings. The van der Waals surface area contributed by atoms with Crippen molar-refractivity contribution in [3.8, 4) is 0 Å². The second-order valence-electron chi connectivity index (χ2n) is 5.75. The fourth-order valence-electron chi connectivity index (χ4n) is 2.84. The lowest BCUT2D eigenvalue weighted by molar-refractivity contribution is 0.298. The van der Waals surface area contributed by atoms with Crippen LogP contribution in [0.5, 0.6) is 0 Å². The van der Waals surface area contributed by atoms with Gasteiger partial charge < -0.3 is 10.3 Å². The summed E-state index contributed by atoms with van der Waals surface area (Å²) in [6.07, 6.45) is 6.57. The minimum atomic E-state index is 0.463. The summed E-state index contributed by atoms with van der Waals surface area (Å²) in [5.41, 5.74) is 6.87. The van der Waals surface area contributed by atoms with Crippen LogP contribution in [0.1, 0.15) is 48.9 Å². The zero-order valence-electron chi connectivity index (χ0n) is 12.3. The average Bonchev–Trinajstić information content (AvgIpc) is 3.12. The van der Waals surface area contributed by atoms with Crippen LogP contribution in [0, 0.1) is 0 Å². The van der Waals surface area contributed by atoms with Gasteiger partial charge in [-0.05, 0) is 26.0 Å². The number of hydrogen-bond acceptors (Lipinski definition) is 6. The molecule has 2 aromatic rings. The third-order valence-electron chi connectivity index (χ3n) is 3.97. The van der Waals surface area contributed by atoms with E-state index in [-0.39, 0.29) is 0 Å². The van der Waals surface area contributed by atoms with Gasteiger partial charge in [-0.2, -0.15) is 4.98 Å². The van der Waals surface area contributed by atoms with Crippen LogP contribution in [-0.2, 0) is 13.1 Å². The van der Waals surface area contributed by atoms with Gasteiger partial charge in [0.05, 0.1) is 6.54 Å². The Labute approximate surface area is 124 Å². The van der Waals surface area contributed by atoms with Gasteiger partial charge in [-0.3, -0.25) is 4.90 Å². The monoisotopic (exact) mass is 287 g/mol. The normalized spacial score (nSPS) is 15.9. The molecule has 6 nitrogen and oxygen atoms in total. The van der Waals surface area contributed by atoms with Gasteiger partial charge in [0.1, 0.15) is 5.82 Å². The van der Waals surface area contributed by atoms with Gasteiger partial charge in [-0.25, -0.2) is 4.98 Å². The Balaban J connectivity index is 1.60. The molecule has 0 amide bonds. The Kier molecular flexibility index (Phi) is 4.15. The molecule has 3 rings (SSSR count).